The molecular weight excluding hydrogens is 669 g/mol. The molecule has 0 N–H and O–H groups in total. The average molecular weight is 701 g/mol. The summed E-state index contributed by atoms with van der Waals surface area (Å²) in [6, 6.07) is 66.4. The van der Waals surface area contributed by atoms with Crippen molar-refractivity contribution in [3.05, 3.63) is 194 Å². The summed E-state index contributed by atoms with van der Waals surface area (Å²) in [5.74, 6) is 0. The molecule has 11 aromatic rings. The third-order valence-electron chi connectivity index (χ3n) is 10.9. The molecule has 0 aliphatic carbocycles. The Kier molecular flexibility index (Phi) is 7.17. The van der Waals surface area contributed by atoms with Crippen molar-refractivity contribution < 1.29 is 4.42 Å². The van der Waals surface area contributed by atoms with Gasteiger partial charge in [0.05, 0.1) is 22.9 Å². The van der Waals surface area contributed by atoms with Gasteiger partial charge >= 0.3 is 0 Å². The van der Waals surface area contributed by atoms with Crippen LogP contribution in [0.5, 0.6) is 0 Å². The molecule has 55 heavy (non-hydrogen) atoms. The molecular formula is C52H32N2O. The Morgan fingerprint density at radius 1 is 0.309 bits per heavy atom. The van der Waals surface area contributed by atoms with Gasteiger partial charge in [-0.1, -0.05) is 164 Å². The van der Waals surface area contributed by atoms with Crippen molar-refractivity contribution in [2.24, 2.45) is 0 Å². The van der Waals surface area contributed by atoms with Gasteiger partial charge in [0.1, 0.15) is 11.2 Å². The molecule has 0 saturated carbocycles. The third kappa shape index (κ3) is 5.13. The Labute approximate surface area is 317 Å². The molecule has 9 aromatic carbocycles. The summed E-state index contributed by atoms with van der Waals surface area (Å²) >= 11 is 0. The molecule has 0 unspecified atom stereocenters. The Balaban J connectivity index is 1.19. The van der Waals surface area contributed by atoms with Gasteiger partial charge in [0.2, 0.25) is 0 Å². The summed E-state index contributed by atoms with van der Waals surface area (Å²) in [7, 11) is 0. The highest BCUT2D eigenvalue weighted by Gasteiger charge is 2.21. The molecule has 3 heteroatoms. The smallest absolute Gasteiger partial charge is 0.143 e. The van der Waals surface area contributed by atoms with Gasteiger partial charge in [0.15, 0.2) is 0 Å². The van der Waals surface area contributed by atoms with Gasteiger partial charge in [-0.05, 0) is 68.4 Å². The summed E-state index contributed by atoms with van der Waals surface area (Å²) in [4.78, 5) is 10.5. The van der Waals surface area contributed by atoms with Crippen LogP contribution in [-0.4, -0.2) is 9.97 Å². The molecule has 0 aliphatic rings. The molecule has 2 aromatic heterocycles. The topological polar surface area (TPSA) is 38.9 Å². The van der Waals surface area contributed by atoms with Crippen LogP contribution in [0.1, 0.15) is 0 Å². The lowest BCUT2D eigenvalue weighted by Crippen LogP contribution is -1.94. The van der Waals surface area contributed by atoms with Gasteiger partial charge < -0.3 is 4.42 Å². The van der Waals surface area contributed by atoms with Gasteiger partial charge in [0.25, 0.3) is 0 Å². The normalized spacial score (nSPS) is 11.6. The number of nitrogens with zero attached hydrogens (tertiary/aromatic N) is 2. The van der Waals surface area contributed by atoms with E-state index in [9.17, 15) is 0 Å². The maximum absolute atomic E-state index is 7.02. The molecule has 0 atom stereocenters. The highest BCUT2D eigenvalue weighted by molar-refractivity contribution is 6.23. The fraction of sp³-hybridized carbons (Fsp3) is 0. The minimum absolute atomic E-state index is 0.833. The van der Waals surface area contributed by atoms with Gasteiger partial charge in [-0.15, -0.1) is 0 Å². The highest BCUT2D eigenvalue weighted by Crippen LogP contribution is 2.45. The first-order chi connectivity index (χ1) is 27.3. The number of fused-ring (bicyclic) bond motifs is 9. The van der Waals surface area contributed by atoms with Crippen molar-refractivity contribution in [2.75, 3.05) is 0 Å². The summed E-state index contributed by atoms with van der Waals surface area (Å²) in [5.41, 5.74) is 14.2. The molecule has 0 saturated heterocycles. The number of aromatic nitrogens is 2. The second kappa shape index (κ2) is 12.6. The van der Waals surface area contributed by atoms with E-state index in [4.69, 9.17) is 14.4 Å². The Hall–Kier alpha value is -7.36. The Bertz CT molecular complexity index is 3210. The van der Waals surface area contributed by atoms with E-state index < -0.39 is 0 Å². The van der Waals surface area contributed by atoms with Crippen LogP contribution in [0.25, 0.3) is 110 Å². The van der Waals surface area contributed by atoms with Crippen LogP contribution in [0.15, 0.2) is 199 Å². The summed E-state index contributed by atoms with van der Waals surface area (Å²) in [6.45, 7) is 0. The number of rotatable bonds is 5. The number of hydrogen-bond donors (Lipinski definition) is 0. The lowest BCUT2D eigenvalue weighted by atomic mass is 9.91. The van der Waals surface area contributed by atoms with Gasteiger partial charge in [-0.3, -0.25) is 4.98 Å². The average Bonchev–Trinajstić information content (AvgIpc) is 3.65. The molecule has 11 rings (SSSR count). The Morgan fingerprint density at radius 2 is 0.764 bits per heavy atom. The molecule has 0 spiro atoms. The van der Waals surface area contributed by atoms with Crippen molar-refractivity contribution in [1.29, 1.82) is 0 Å². The zero-order valence-electron chi connectivity index (χ0n) is 29.8. The van der Waals surface area contributed by atoms with Crippen LogP contribution in [-0.2, 0) is 0 Å². The maximum atomic E-state index is 7.02. The van der Waals surface area contributed by atoms with E-state index in [2.05, 4.69) is 188 Å². The van der Waals surface area contributed by atoms with E-state index in [0.717, 1.165) is 99.5 Å². The lowest BCUT2D eigenvalue weighted by Gasteiger charge is -2.14. The zero-order chi connectivity index (χ0) is 36.3. The van der Waals surface area contributed by atoms with Crippen molar-refractivity contribution >= 4 is 54.5 Å². The fourth-order valence-corrected chi connectivity index (χ4v) is 8.31. The van der Waals surface area contributed by atoms with Crippen LogP contribution in [0.2, 0.25) is 0 Å². The fourth-order valence-electron chi connectivity index (χ4n) is 8.31. The first kappa shape index (κ1) is 31.2. The number of furan rings is 1. The Morgan fingerprint density at radius 3 is 1.36 bits per heavy atom. The molecule has 2 heterocycles. The van der Waals surface area contributed by atoms with E-state index in [0.29, 0.717) is 0 Å². The molecule has 256 valence electrons. The third-order valence-corrected chi connectivity index (χ3v) is 10.9. The minimum Gasteiger partial charge on any atom is -0.455 e. The second-order valence-electron chi connectivity index (χ2n) is 14.1. The van der Waals surface area contributed by atoms with E-state index in [1.807, 2.05) is 6.20 Å². The molecule has 3 nitrogen and oxygen atoms in total. The SMILES string of the molecule is c1ccc(-c2cc(-c3ccccc3)c3oc4c(-c5ccccc5)cc(-c5ccccc5-c5cnc6c7ccccc7c7ccccc7c6n5)cc4c3c2)cc1. The van der Waals surface area contributed by atoms with Gasteiger partial charge in [-0.2, -0.15) is 0 Å². The quantitative estimate of drug-likeness (QED) is 0.168. The zero-order valence-corrected chi connectivity index (χ0v) is 29.8. The van der Waals surface area contributed by atoms with Crippen LogP contribution in [0.4, 0.5) is 0 Å². The largest absolute Gasteiger partial charge is 0.455 e. The van der Waals surface area contributed by atoms with Crippen molar-refractivity contribution in [3.8, 4) is 55.8 Å². The first-order valence-electron chi connectivity index (χ1n) is 18.6. The van der Waals surface area contributed by atoms with Crippen LogP contribution < -0.4 is 0 Å². The van der Waals surface area contributed by atoms with Crippen molar-refractivity contribution in [1.82, 2.24) is 9.97 Å². The van der Waals surface area contributed by atoms with Crippen LogP contribution in [0, 0.1) is 0 Å². The predicted molar refractivity (Wildman–Crippen MR) is 229 cm³/mol. The van der Waals surface area contributed by atoms with E-state index in [1.165, 1.54) is 10.8 Å². The number of hydrogen-bond acceptors (Lipinski definition) is 3. The predicted octanol–water partition coefficient (Wildman–Crippen LogP) is 14.2. The standard InChI is InChI=1S/C52H32N2O/c1-4-16-33(17-5-1)36-28-44(34-18-6-2-7-19-34)51-46(29-36)47-31-37(30-45(52(47)55-51)35-20-8-3-9-21-35)38-22-10-13-25-41(38)48-32-53-49-42-26-14-11-23-39(42)40-24-12-15-27-43(40)50(49)54-48/h1-32H. The summed E-state index contributed by atoms with van der Waals surface area (Å²) in [5, 5.41) is 6.73. The lowest BCUT2D eigenvalue weighted by molar-refractivity contribution is 0.671. The van der Waals surface area contributed by atoms with Gasteiger partial charge in [0, 0.05) is 38.2 Å². The first-order valence-corrected chi connectivity index (χ1v) is 18.6. The number of benzene rings is 9. The monoisotopic (exact) mass is 700 g/mol. The molecule has 0 amide bonds. The highest BCUT2D eigenvalue weighted by atomic mass is 16.3. The summed E-state index contributed by atoms with van der Waals surface area (Å²) < 4.78 is 7.02. The van der Waals surface area contributed by atoms with Crippen LogP contribution >= 0.6 is 0 Å². The molecule has 0 aliphatic heterocycles. The van der Waals surface area contributed by atoms with E-state index in [-0.39, 0.29) is 0 Å². The van der Waals surface area contributed by atoms with Crippen molar-refractivity contribution in [3.63, 3.8) is 0 Å². The maximum Gasteiger partial charge on any atom is 0.143 e. The molecule has 0 fully saturated rings. The van der Waals surface area contributed by atoms with Gasteiger partial charge in [-0.25, -0.2) is 4.98 Å². The minimum atomic E-state index is 0.833. The molecule has 0 bridgehead atoms. The van der Waals surface area contributed by atoms with E-state index in [1.54, 1.807) is 0 Å². The second-order valence-corrected chi connectivity index (χ2v) is 14.1. The molecule has 0 radical (unpaired) electrons. The van der Waals surface area contributed by atoms with E-state index >= 15 is 0 Å². The van der Waals surface area contributed by atoms with Crippen molar-refractivity contribution in [2.45, 2.75) is 0 Å². The van der Waals surface area contributed by atoms with Crippen LogP contribution in [0.3, 0.4) is 0 Å². The summed E-state index contributed by atoms with van der Waals surface area (Å²) in [6.07, 6.45) is 1.94.